The molecule has 0 radical (unpaired) electrons. The van der Waals surface area contributed by atoms with Crippen molar-refractivity contribution in [2.45, 2.75) is 10.8 Å². The predicted molar refractivity (Wildman–Crippen MR) is 86.1 cm³/mol. The van der Waals surface area contributed by atoms with Crippen LogP contribution in [0, 0.1) is 0 Å². The third-order valence-corrected chi connectivity index (χ3v) is 5.91. The molecule has 3 aromatic rings. The third kappa shape index (κ3) is 1.81. The van der Waals surface area contributed by atoms with E-state index in [1.807, 2.05) is 24.3 Å². The summed E-state index contributed by atoms with van der Waals surface area (Å²) in [6.45, 7) is 0. The molecule has 1 atom stereocenters. The Morgan fingerprint density at radius 1 is 1.05 bits per heavy atom. The minimum Gasteiger partial charge on any atom is -0.293 e. The monoisotopic (exact) mass is 296 g/mol. The average Bonchev–Trinajstić information content (AvgIpc) is 3.12. The number of hydrogen-bond acceptors (Lipinski definition) is 3. The smallest absolute Gasteiger partial charge is 0.172 e. The molecule has 0 fully saturated rings. The molecule has 0 spiro atoms. The number of Topliss-reactive ketones (excluding diaryl/α,β-unsaturated/α-hetero) is 1. The van der Waals surface area contributed by atoms with Gasteiger partial charge >= 0.3 is 0 Å². The van der Waals surface area contributed by atoms with Crippen molar-refractivity contribution in [3.8, 4) is 0 Å². The maximum absolute atomic E-state index is 12.9. The summed E-state index contributed by atoms with van der Waals surface area (Å²) in [6.07, 6.45) is 0. The summed E-state index contributed by atoms with van der Waals surface area (Å²) in [6, 6.07) is 16.4. The molecule has 2 aromatic carbocycles. The summed E-state index contributed by atoms with van der Waals surface area (Å²) >= 11 is 3.44. The van der Waals surface area contributed by atoms with E-state index < -0.39 is 0 Å². The molecule has 0 aliphatic carbocycles. The Labute approximate surface area is 125 Å². The van der Waals surface area contributed by atoms with Gasteiger partial charge in [-0.1, -0.05) is 30.3 Å². The number of thiophene rings is 1. The van der Waals surface area contributed by atoms with Crippen LogP contribution in [-0.2, 0) is 0 Å². The quantitative estimate of drug-likeness (QED) is 0.621. The topological polar surface area (TPSA) is 17.1 Å². The van der Waals surface area contributed by atoms with E-state index in [1.54, 1.807) is 23.1 Å². The molecule has 4 rings (SSSR count). The third-order valence-electron chi connectivity index (χ3n) is 3.76. The van der Waals surface area contributed by atoms with Gasteiger partial charge in [-0.15, -0.1) is 23.1 Å². The second-order valence-electron chi connectivity index (χ2n) is 4.91. The standard InChI is InChI=1S/C17H12OS2/c18-16(13-6-3-4-11-8-9-19-17(11)13)14-10-20-15-7-2-1-5-12(14)15/h1-9,14H,10H2. The number of carbonyl (C=O) groups excluding carboxylic acids is 1. The van der Waals surface area contributed by atoms with Gasteiger partial charge in [-0.25, -0.2) is 0 Å². The first-order chi connectivity index (χ1) is 9.84. The highest BCUT2D eigenvalue weighted by molar-refractivity contribution is 7.99. The van der Waals surface area contributed by atoms with Crippen LogP contribution in [-0.4, -0.2) is 11.5 Å². The van der Waals surface area contributed by atoms with Gasteiger partial charge in [0.2, 0.25) is 0 Å². The molecule has 3 heteroatoms. The second kappa shape index (κ2) is 4.76. The van der Waals surface area contributed by atoms with E-state index in [0.717, 1.165) is 16.0 Å². The first-order valence-corrected chi connectivity index (χ1v) is 8.43. The Bertz CT molecular complexity index is 803. The van der Waals surface area contributed by atoms with Crippen molar-refractivity contribution in [3.63, 3.8) is 0 Å². The molecular weight excluding hydrogens is 284 g/mol. The van der Waals surface area contributed by atoms with Crippen LogP contribution in [0.25, 0.3) is 10.1 Å². The largest absolute Gasteiger partial charge is 0.293 e. The zero-order chi connectivity index (χ0) is 13.5. The lowest BCUT2D eigenvalue weighted by Gasteiger charge is -2.10. The molecule has 0 saturated heterocycles. The van der Waals surface area contributed by atoms with E-state index in [9.17, 15) is 4.79 Å². The number of carbonyl (C=O) groups is 1. The normalized spacial score (nSPS) is 17.3. The van der Waals surface area contributed by atoms with Gasteiger partial charge in [0.15, 0.2) is 5.78 Å². The molecule has 1 aliphatic rings. The van der Waals surface area contributed by atoms with Gasteiger partial charge in [0.05, 0.1) is 5.92 Å². The maximum atomic E-state index is 12.9. The SMILES string of the molecule is O=C(c1cccc2ccsc12)C1CSc2ccccc21. The molecule has 20 heavy (non-hydrogen) atoms. The fourth-order valence-electron chi connectivity index (χ4n) is 2.75. The Hall–Kier alpha value is -1.58. The highest BCUT2D eigenvalue weighted by atomic mass is 32.2. The Morgan fingerprint density at radius 2 is 1.95 bits per heavy atom. The maximum Gasteiger partial charge on any atom is 0.172 e. The number of rotatable bonds is 2. The molecule has 0 N–H and O–H groups in total. The van der Waals surface area contributed by atoms with Crippen molar-refractivity contribution in [2.24, 2.45) is 0 Å². The minimum absolute atomic E-state index is 0.00361. The van der Waals surface area contributed by atoms with Crippen LogP contribution in [0.1, 0.15) is 21.8 Å². The Balaban J connectivity index is 1.81. The van der Waals surface area contributed by atoms with E-state index in [1.165, 1.54) is 15.8 Å². The zero-order valence-corrected chi connectivity index (χ0v) is 12.3. The lowest BCUT2D eigenvalue weighted by atomic mass is 9.92. The van der Waals surface area contributed by atoms with Crippen LogP contribution in [0.2, 0.25) is 0 Å². The number of hydrogen-bond donors (Lipinski definition) is 0. The lowest BCUT2D eigenvalue weighted by Crippen LogP contribution is -2.12. The minimum atomic E-state index is 0.00361. The molecule has 1 unspecified atom stereocenters. The number of benzene rings is 2. The highest BCUT2D eigenvalue weighted by Gasteiger charge is 2.30. The molecular formula is C17H12OS2. The molecule has 0 amide bonds. The van der Waals surface area contributed by atoms with E-state index in [-0.39, 0.29) is 11.7 Å². The van der Waals surface area contributed by atoms with Crippen LogP contribution < -0.4 is 0 Å². The first-order valence-electron chi connectivity index (χ1n) is 6.57. The number of fused-ring (bicyclic) bond motifs is 2. The van der Waals surface area contributed by atoms with Crippen LogP contribution in [0.15, 0.2) is 58.8 Å². The van der Waals surface area contributed by atoms with E-state index in [2.05, 4.69) is 29.6 Å². The van der Waals surface area contributed by atoms with Crippen molar-refractivity contribution in [1.82, 2.24) is 0 Å². The van der Waals surface area contributed by atoms with Crippen molar-refractivity contribution < 1.29 is 4.79 Å². The van der Waals surface area contributed by atoms with Gasteiger partial charge in [0, 0.05) is 20.9 Å². The molecule has 2 heterocycles. The van der Waals surface area contributed by atoms with E-state index in [0.29, 0.717) is 0 Å². The van der Waals surface area contributed by atoms with Gasteiger partial charge in [-0.3, -0.25) is 4.79 Å². The summed E-state index contributed by atoms with van der Waals surface area (Å²) in [5, 5.41) is 3.22. The second-order valence-corrected chi connectivity index (χ2v) is 6.89. The number of thioether (sulfide) groups is 1. The van der Waals surface area contributed by atoms with Gasteiger partial charge in [-0.05, 0) is 34.5 Å². The lowest BCUT2D eigenvalue weighted by molar-refractivity contribution is 0.0970. The summed E-state index contributed by atoms with van der Waals surface area (Å²) in [5.41, 5.74) is 2.07. The fraction of sp³-hybridized carbons (Fsp3) is 0.118. The van der Waals surface area contributed by atoms with Crippen LogP contribution in [0.3, 0.4) is 0 Å². The summed E-state index contributed by atoms with van der Waals surface area (Å²) in [7, 11) is 0. The Kier molecular flexibility index (Phi) is 2.90. The average molecular weight is 296 g/mol. The van der Waals surface area contributed by atoms with Gasteiger partial charge in [0.1, 0.15) is 0 Å². The fourth-order valence-corrected chi connectivity index (χ4v) is 4.90. The summed E-state index contributed by atoms with van der Waals surface area (Å²) < 4.78 is 1.12. The summed E-state index contributed by atoms with van der Waals surface area (Å²) in [4.78, 5) is 14.2. The van der Waals surface area contributed by atoms with E-state index in [4.69, 9.17) is 0 Å². The van der Waals surface area contributed by atoms with Crippen molar-refractivity contribution >= 4 is 39.0 Å². The van der Waals surface area contributed by atoms with Gasteiger partial charge in [0.25, 0.3) is 0 Å². The van der Waals surface area contributed by atoms with Gasteiger partial charge in [-0.2, -0.15) is 0 Å². The molecule has 98 valence electrons. The van der Waals surface area contributed by atoms with Gasteiger partial charge < -0.3 is 0 Å². The Morgan fingerprint density at radius 3 is 2.90 bits per heavy atom. The van der Waals surface area contributed by atoms with Crippen molar-refractivity contribution in [1.29, 1.82) is 0 Å². The zero-order valence-electron chi connectivity index (χ0n) is 10.7. The molecule has 1 aliphatic heterocycles. The molecule has 0 saturated carbocycles. The molecule has 1 nitrogen and oxygen atoms in total. The number of ketones is 1. The highest BCUT2D eigenvalue weighted by Crippen LogP contribution is 2.41. The summed E-state index contributed by atoms with van der Waals surface area (Å²) in [5.74, 6) is 1.12. The molecule has 1 aromatic heterocycles. The predicted octanol–water partition coefficient (Wildman–Crippen LogP) is 4.97. The van der Waals surface area contributed by atoms with Crippen molar-refractivity contribution in [3.05, 3.63) is 65.0 Å². The van der Waals surface area contributed by atoms with Crippen LogP contribution in [0.5, 0.6) is 0 Å². The van der Waals surface area contributed by atoms with Crippen molar-refractivity contribution in [2.75, 3.05) is 5.75 Å². The van der Waals surface area contributed by atoms with Crippen LogP contribution in [0.4, 0.5) is 0 Å². The first kappa shape index (κ1) is 12.2. The molecule has 0 bridgehead atoms. The van der Waals surface area contributed by atoms with E-state index >= 15 is 0 Å². The van der Waals surface area contributed by atoms with Crippen LogP contribution >= 0.6 is 23.1 Å².